The smallest absolute Gasteiger partial charge is 0.325 e. The SMILES string of the molecule is C[C@H](Nc1cccc2c(O)cccc12)C(=O)O. The highest BCUT2D eigenvalue weighted by molar-refractivity contribution is 5.98. The van der Waals surface area contributed by atoms with Gasteiger partial charge in [-0.1, -0.05) is 24.3 Å². The number of aromatic hydroxyl groups is 1. The molecule has 0 aromatic heterocycles. The standard InChI is InChI=1S/C13H13NO3/c1-8(13(16)17)14-11-6-2-5-10-9(11)4-3-7-12(10)15/h2-8,14-15H,1H3,(H,16,17)/t8-/m0/s1. The second-order valence-corrected chi connectivity index (χ2v) is 3.88. The van der Waals surface area contributed by atoms with E-state index in [4.69, 9.17) is 5.11 Å². The lowest BCUT2D eigenvalue weighted by molar-refractivity contribution is -0.137. The predicted octanol–water partition coefficient (Wildman–Crippen LogP) is 2.43. The molecule has 0 unspecified atom stereocenters. The molecule has 2 rings (SSSR count). The van der Waals surface area contributed by atoms with Gasteiger partial charge in [-0.05, 0) is 19.1 Å². The molecule has 0 heterocycles. The Bertz CT molecular complexity index is 566. The van der Waals surface area contributed by atoms with E-state index in [1.54, 1.807) is 37.3 Å². The third-order valence-electron chi connectivity index (χ3n) is 2.64. The van der Waals surface area contributed by atoms with Crippen molar-refractivity contribution in [3.8, 4) is 5.75 Å². The van der Waals surface area contributed by atoms with E-state index in [1.807, 2.05) is 6.07 Å². The van der Waals surface area contributed by atoms with E-state index < -0.39 is 12.0 Å². The largest absolute Gasteiger partial charge is 0.507 e. The maximum absolute atomic E-state index is 10.8. The summed E-state index contributed by atoms with van der Waals surface area (Å²) in [6, 6.07) is 9.86. The monoisotopic (exact) mass is 231 g/mol. The third-order valence-corrected chi connectivity index (χ3v) is 2.64. The van der Waals surface area contributed by atoms with Crippen LogP contribution in [0.3, 0.4) is 0 Å². The average Bonchev–Trinajstić information content (AvgIpc) is 2.30. The molecule has 1 atom stereocenters. The summed E-state index contributed by atoms with van der Waals surface area (Å²) < 4.78 is 0. The van der Waals surface area contributed by atoms with E-state index in [2.05, 4.69) is 5.32 Å². The number of phenolic OH excluding ortho intramolecular Hbond substituents is 1. The second kappa shape index (κ2) is 4.33. The fraction of sp³-hybridized carbons (Fsp3) is 0.154. The zero-order chi connectivity index (χ0) is 12.4. The molecule has 0 bridgehead atoms. The van der Waals surface area contributed by atoms with Crippen molar-refractivity contribution < 1.29 is 15.0 Å². The molecule has 0 aliphatic rings. The summed E-state index contributed by atoms with van der Waals surface area (Å²) in [4.78, 5) is 10.8. The van der Waals surface area contributed by atoms with Crippen molar-refractivity contribution in [3.05, 3.63) is 36.4 Å². The maximum Gasteiger partial charge on any atom is 0.325 e. The van der Waals surface area contributed by atoms with Gasteiger partial charge in [0.25, 0.3) is 0 Å². The fourth-order valence-electron chi connectivity index (χ4n) is 1.71. The lowest BCUT2D eigenvalue weighted by atomic mass is 10.1. The lowest BCUT2D eigenvalue weighted by Gasteiger charge is -2.13. The van der Waals surface area contributed by atoms with Crippen LogP contribution in [0.4, 0.5) is 5.69 Å². The van der Waals surface area contributed by atoms with Gasteiger partial charge in [-0.3, -0.25) is 4.79 Å². The highest BCUT2D eigenvalue weighted by Crippen LogP contribution is 2.29. The van der Waals surface area contributed by atoms with Crippen molar-refractivity contribution in [1.82, 2.24) is 0 Å². The lowest BCUT2D eigenvalue weighted by Crippen LogP contribution is -2.25. The number of nitrogens with one attached hydrogen (secondary N) is 1. The van der Waals surface area contributed by atoms with Crippen LogP contribution >= 0.6 is 0 Å². The van der Waals surface area contributed by atoms with Gasteiger partial charge in [0, 0.05) is 16.5 Å². The van der Waals surface area contributed by atoms with Crippen molar-refractivity contribution in [2.75, 3.05) is 5.32 Å². The number of phenols is 1. The number of fused-ring (bicyclic) bond motifs is 1. The van der Waals surface area contributed by atoms with Gasteiger partial charge >= 0.3 is 5.97 Å². The van der Waals surface area contributed by atoms with E-state index in [-0.39, 0.29) is 5.75 Å². The molecule has 17 heavy (non-hydrogen) atoms. The molecule has 0 saturated carbocycles. The van der Waals surface area contributed by atoms with Crippen LogP contribution in [0.15, 0.2) is 36.4 Å². The average molecular weight is 231 g/mol. The zero-order valence-electron chi connectivity index (χ0n) is 9.34. The van der Waals surface area contributed by atoms with Gasteiger partial charge < -0.3 is 15.5 Å². The minimum Gasteiger partial charge on any atom is -0.507 e. The minimum atomic E-state index is -0.915. The van der Waals surface area contributed by atoms with Crippen LogP contribution in [-0.4, -0.2) is 22.2 Å². The van der Waals surface area contributed by atoms with E-state index >= 15 is 0 Å². The Kier molecular flexibility index (Phi) is 2.87. The fourth-order valence-corrected chi connectivity index (χ4v) is 1.71. The molecule has 4 nitrogen and oxygen atoms in total. The molecule has 3 N–H and O–H groups in total. The number of benzene rings is 2. The van der Waals surface area contributed by atoms with Crippen molar-refractivity contribution in [2.24, 2.45) is 0 Å². The van der Waals surface area contributed by atoms with Gasteiger partial charge in [0.1, 0.15) is 11.8 Å². The highest BCUT2D eigenvalue weighted by atomic mass is 16.4. The van der Waals surface area contributed by atoms with E-state index in [0.29, 0.717) is 11.1 Å². The first-order chi connectivity index (χ1) is 8.09. The molecule has 88 valence electrons. The maximum atomic E-state index is 10.8. The van der Waals surface area contributed by atoms with Gasteiger partial charge in [0.2, 0.25) is 0 Å². The molecule has 2 aromatic carbocycles. The van der Waals surface area contributed by atoms with Gasteiger partial charge in [0.05, 0.1) is 0 Å². The third kappa shape index (κ3) is 2.15. The van der Waals surface area contributed by atoms with E-state index in [1.165, 1.54) is 0 Å². The Morgan fingerprint density at radius 1 is 1.18 bits per heavy atom. The normalized spacial score (nSPS) is 12.3. The summed E-state index contributed by atoms with van der Waals surface area (Å²) in [5.74, 6) is -0.726. The molecule has 0 fully saturated rings. The van der Waals surface area contributed by atoms with E-state index in [9.17, 15) is 9.90 Å². The molecule has 0 aliphatic carbocycles. The van der Waals surface area contributed by atoms with Crippen LogP contribution in [0.25, 0.3) is 10.8 Å². The predicted molar refractivity (Wildman–Crippen MR) is 66.3 cm³/mol. The van der Waals surface area contributed by atoms with E-state index in [0.717, 1.165) is 5.39 Å². The van der Waals surface area contributed by atoms with Crippen LogP contribution < -0.4 is 5.32 Å². The van der Waals surface area contributed by atoms with Gasteiger partial charge in [-0.25, -0.2) is 0 Å². The second-order valence-electron chi connectivity index (χ2n) is 3.88. The summed E-state index contributed by atoms with van der Waals surface area (Å²) in [7, 11) is 0. The van der Waals surface area contributed by atoms with Crippen LogP contribution in [0.2, 0.25) is 0 Å². The first-order valence-corrected chi connectivity index (χ1v) is 5.29. The Labute approximate surface area is 98.5 Å². The van der Waals surface area contributed by atoms with Crippen LogP contribution in [-0.2, 0) is 4.79 Å². The highest BCUT2D eigenvalue weighted by Gasteiger charge is 2.12. The molecule has 0 aliphatic heterocycles. The first kappa shape index (κ1) is 11.3. The van der Waals surface area contributed by atoms with Crippen molar-refractivity contribution in [2.45, 2.75) is 13.0 Å². The van der Waals surface area contributed by atoms with Crippen LogP contribution in [0.1, 0.15) is 6.92 Å². The number of aliphatic carboxylic acids is 1. The van der Waals surface area contributed by atoms with Gasteiger partial charge in [-0.2, -0.15) is 0 Å². The number of hydrogen-bond acceptors (Lipinski definition) is 3. The Balaban J connectivity index is 2.48. The van der Waals surface area contributed by atoms with Crippen molar-refractivity contribution in [3.63, 3.8) is 0 Å². The number of carboxylic acid groups (broad SMARTS) is 1. The summed E-state index contributed by atoms with van der Waals surface area (Å²) in [6.07, 6.45) is 0. The molecule has 4 heteroatoms. The van der Waals surface area contributed by atoms with Crippen molar-refractivity contribution >= 4 is 22.4 Å². The Morgan fingerprint density at radius 3 is 2.53 bits per heavy atom. The molecule has 0 saturated heterocycles. The molecule has 0 amide bonds. The number of hydrogen-bond donors (Lipinski definition) is 3. The van der Waals surface area contributed by atoms with Crippen molar-refractivity contribution in [1.29, 1.82) is 0 Å². The van der Waals surface area contributed by atoms with Crippen LogP contribution in [0, 0.1) is 0 Å². The molecular formula is C13H13NO3. The van der Waals surface area contributed by atoms with Gasteiger partial charge in [-0.15, -0.1) is 0 Å². The molecule has 0 radical (unpaired) electrons. The summed E-state index contributed by atoms with van der Waals surface area (Å²) in [5, 5.41) is 23.0. The number of carboxylic acids is 1. The Hall–Kier alpha value is -2.23. The summed E-state index contributed by atoms with van der Waals surface area (Å²) in [6.45, 7) is 1.57. The number of carbonyl (C=O) groups is 1. The Morgan fingerprint density at radius 2 is 1.82 bits per heavy atom. The minimum absolute atomic E-state index is 0.189. The molecule has 2 aromatic rings. The van der Waals surface area contributed by atoms with Crippen LogP contribution in [0.5, 0.6) is 5.75 Å². The molecule has 0 spiro atoms. The summed E-state index contributed by atoms with van der Waals surface area (Å²) in [5.41, 5.74) is 0.702. The number of rotatable bonds is 3. The van der Waals surface area contributed by atoms with Gasteiger partial charge in [0.15, 0.2) is 0 Å². The zero-order valence-corrected chi connectivity index (χ0v) is 9.34. The first-order valence-electron chi connectivity index (χ1n) is 5.29. The topological polar surface area (TPSA) is 69.6 Å². The number of anilines is 1. The quantitative estimate of drug-likeness (QED) is 0.758. The summed E-state index contributed by atoms with van der Waals surface area (Å²) >= 11 is 0. The molecular weight excluding hydrogens is 218 g/mol.